The first-order valence-electron chi connectivity index (χ1n) is 4.57. The van der Waals surface area contributed by atoms with Gasteiger partial charge in [-0.2, -0.15) is 0 Å². The Bertz CT molecular complexity index is 355. The van der Waals surface area contributed by atoms with E-state index < -0.39 is 0 Å². The molecule has 5 heteroatoms. The van der Waals surface area contributed by atoms with Crippen LogP contribution < -0.4 is 9.47 Å². The van der Waals surface area contributed by atoms with Gasteiger partial charge in [-0.3, -0.25) is 0 Å². The van der Waals surface area contributed by atoms with Gasteiger partial charge in [-0.05, 0) is 6.07 Å². The number of para-hydroxylation sites is 1. The first-order chi connectivity index (χ1) is 7.72. The minimum Gasteiger partial charge on any atom is -0.493 e. The van der Waals surface area contributed by atoms with E-state index in [1.54, 1.807) is 18.2 Å². The van der Waals surface area contributed by atoms with Gasteiger partial charge in [0.25, 0.3) is 0 Å². The molecular weight excluding hydrogens is 251 g/mol. The number of aliphatic hydroxyl groups excluding tert-OH is 1. The number of methoxy groups -OCH3 is 1. The molecule has 1 aromatic carbocycles. The van der Waals surface area contributed by atoms with E-state index in [1.807, 2.05) is 0 Å². The fraction of sp³-hybridized carbons (Fsp3) is 0.273. The Hall–Kier alpha value is -0.900. The molecule has 16 heavy (non-hydrogen) atoms. The van der Waals surface area contributed by atoms with E-state index in [4.69, 9.17) is 37.8 Å². The summed E-state index contributed by atoms with van der Waals surface area (Å²) in [6.45, 7) is 0.00711. The average molecular weight is 263 g/mol. The largest absolute Gasteiger partial charge is 0.493 e. The quantitative estimate of drug-likeness (QED) is 0.887. The van der Waals surface area contributed by atoms with Crippen LogP contribution in [0, 0.1) is 0 Å². The molecule has 0 atom stereocenters. The first kappa shape index (κ1) is 13.2. The van der Waals surface area contributed by atoms with E-state index in [9.17, 15) is 0 Å². The van der Waals surface area contributed by atoms with Gasteiger partial charge in [-0.1, -0.05) is 35.3 Å². The maximum atomic E-state index is 9.15. The van der Waals surface area contributed by atoms with Crippen LogP contribution in [0.3, 0.4) is 0 Å². The van der Waals surface area contributed by atoms with Gasteiger partial charge in [0.05, 0.1) is 18.7 Å². The second kappa shape index (κ2) is 6.63. The van der Waals surface area contributed by atoms with E-state index in [1.165, 1.54) is 12.6 Å². The van der Waals surface area contributed by atoms with Crippen LogP contribution in [0.15, 0.2) is 28.8 Å². The molecule has 0 aliphatic heterocycles. The molecule has 0 aromatic heterocycles. The molecule has 1 rings (SSSR count). The zero-order valence-electron chi connectivity index (χ0n) is 8.74. The van der Waals surface area contributed by atoms with Gasteiger partial charge in [0.15, 0.2) is 11.5 Å². The van der Waals surface area contributed by atoms with Crippen molar-refractivity contribution in [3.63, 3.8) is 0 Å². The van der Waals surface area contributed by atoms with Gasteiger partial charge >= 0.3 is 0 Å². The Kier molecular flexibility index (Phi) is 5.46. The summed E-state index contributed by atoms with van der Waals surface area (Å²) in [6.07, 6.45) is 0. The highest BCUT2D eigenvalue weighted by atomic mass is 35.5. The number of hydrogen-bond donors (Lipinski definition) is 1. The van der Waals surface area contributed by atoms with Crippen LogP contribution in [0.1, 0.15) is 5.56 Å². The normalized spacial score (nSPS) is 11.4. The van der Waals surface area contributed by atoms with Crippen molar-refractivity contribution in [2.24, 2.45) is 0 Å². The lowest BCUT2D eigenvalue weighted by atomic mass is 10.2. The Morgan fingerprint density at radius 3 is 2.81 bits per heavy atom. The summed E-state index contributed by atoms with van der Waals surface area (Å²) in [7, 11) is 1.53. The molecule has 0 amide bonds. The smallest absolute Gasteiger partial charge is 0.167 e. The maximum Gasteiger partial charge on any atom is 0.167 e. The molecule has 0 spiro atoms. The van der Waals surface area contributed by atoms with Crippen LogP contribution >= 0.6 is 23.2 Å². The van der Waals surface area contributed by atoms with Crippen LogP contribution in [0.5, 0.6) is 11.5 Å². The van der Waals surface area contributed by atoms with Gasteiger partial charge in [-0.15, -0.1) is 0 Å². The van der Waals surface area contributed by atoms with Crippen molar-refractivity contribution < 1.29 is 14.6 Å². The molecule has 3 nitrogen and oxygen atoms in total. The van der Waals surface area contributed by atoms with Crippen LogP contribution in [0.2, 0.25) is 0 Å². The Labute approximate surface area is 104 Å². The predicted molar refractivity (Wildman–Crippen MR) is 64.2 cm³/mol. The second-order valence-corrected chi connectivity index (χ2v) is 3.65. The highest BCUT2D eigenvalue weighted by molar-refractivity contribution is 6.36. The topological polar surface area (TPSA) is 38.7 Å². The molecule has 0 fully saturated rings. The van der Waals surface area contributed by atoms with Crippen molar-refractivity contribution in [1.29, 1.82) is 0 Å². The molecule has 88 valence electrons. The van der Waals surface area contributed by atoms with Crippen LogP contribution in [-0.2, 0) is 6.61 Å². The van der Waals surface area contributed by atoms with E-state index >= 15 is 0 Å². The van der Waals surface area contributed by atoms with E-state index in [2.05, 4.69) is 0 Å². The molecule has 0 aliphatic rings. The molecule has 0 saturated heterocycles. The molecule has 1 aromatic rings. The number of ether oxygens (including phenoxy) is 2. The van der Waals surface area contributed by atoms with Gasteiger partial charge < -0.3 is 14.6 Å². The fourth-order valence-corrected chi connectivity index (χ4v) is 1.30. The Morgan fingerprint density at radius 2 is 2.25 bits per heavy atom. The third kappa shape index (κ3) is 3.30. The number of aliphatic hydroxyl groups is 1. The highest BCUT2D eigenvalue weighted by Crippen LogP contribution is 2.31. The average Bonchev–Trinajstić information content (AvgIpc) is 2.35. The van der Waals surface area contributed by atoms with Gasteiger partial charge in [0, 0.05) is 11.1 Å². The standard InChI is InChI=1S/C11H12Cl2O3/c1-15-10-4-2-3-8(6-14)11(10)16-7-9(13)5-12/h2-5,14H,6-7H2,1H3. The summed E-state index contributed by atoms with van der Waals surface area (Å²) in [5.41, 5.74) is 1.87. The highest BCUT2D eigenvalue weighted by Gasteiger charge is 2.10. The van der Waals surface area contributed by atoms with E-state index in [0.717, 1.165) is 0 Å². The summed E-state index contributed by atoms with van der Waals surface area (Å²) in [6, 6.07) is 5.26. The van der Waals surface area contributed by atoms with E-state index in [-0.39, 0.29) is 13.2 Å². The Morgan fingerprint density at radius 1 is 1.50 bits per heavy atom. The van der Waals surface area contributed by atoms with Crippen LogP contribution in [0.4, 0.5) is 0 Å². The predicted octanol–water partition coefficient (Wildman–Crippen LogP) is 2.89. The molecular formula is C11H12Cl2O3. The van der Waals surface area contributed by atoms with Crippen molar-refractivity contribution in [2.75, 3.05) is 13.7 Å². The lowest BCUT2D eigenvalue weighted by Crippen LogP contribution is -2.02. The SMILES string of the molecule is COc1cccc(CO)c1OCC(Cl)=CCl. The molecule has 0 heterocycles. The molecule has 1 N–H and O–H groups in total. The number of hydrogen-bond acceptors (Lipinski definition) is 3. The van der Waals surface area contributed by atoms with E-state index in [0.29, 0.717) is 22.1 Å². The molecule has 0 radical (unpaired) electrons. The minimum atomic E-state index is -0.130. The molecule has 0 bridgehead atoms. The van der Waals surface area contributed by atoms with Crippen molar-refractivity contribution in [3.05, 3.63) is 34.3 Å². The van der Waals surface area contributed by atoms with Crippen molar-refractivity contribution in [1.82, 2.24) is 0 Å². The van der Waals surface area contributed by atoms with Crippen molar-refractivity contribution in [2.45, 2.75) is 6.61 Å². The van der Waals surface area contributed by atoms with Gasteiger partial charge in [0.1, 0.15) is 6.61 Å². The second-order valence-electron chi connectivity index (χ2n) is 2.95. The van der Waals surface area contributed by atoms with Crippen molar-refractivity contribution >= 4 is 23.2 Å². The third-order valence-electron chi connectivity index (χ3n) is 1.92. The summed E-state index contributed by atoms with van der Waals surface area (Å²) in [5, 5.41) is 9.52. The number of halogens is 2. The van der Waals surface area contributed by atoms with Crippen molar-refractivity contribution in [3.8, 4) is 11.5 Å². The number of benzene rings is 1. The van der Waals surface area contributed by atoms with Gasteiger partial charge in [-0.25, -0.2) is 0 Å². The summed E-state index contributed by atoms with van der Waals surface area (Å²) < 4.78 is 10.6. The molecule has 0 unspecified atom stereocenters. The fourth-order valence-electron chi connectivity index (χ4n) is 1.18. The first-order valence-corrected chi connectivity index (χ1v) is 5.38. The molecule has 0 saturated carbocycles. The summed E-state index contributed by atoms with van der Waals surface area (Å²) in [4.78, 5) is 0. The van der Waals surface area contributed by atoms with Crippen LogP contribution in [-0.4, -0.2) is 18.8 Å². The molecule has 0 aliphatic carbocycles. The monoisotopic (exact) mass is 262 g/mol. The zero-order chi connectivity index (χ0) is 12.0. The summed E-state index contributed by atoms with van der Waals surface area (Å²) >= 11 is 11.1. The third-order valence-corrected chi connectivity index (χ3v) is 2.52. The number of rotatable bonds is 5. The summed E-state index contributed by atoms with van der Waals surface area (Å²) in [5.74, 6) is 1.02. The maximum absolute atomic E-state index is 9.15. The van der Waals surface area contributed by atoms with Gasteiger partial charge in [0.2, 0.25) is 0 Å². The minimum absolute atomic E-state index is 0.130. The lowest BCUT2D eigenvalue weighted by molar-refractivity contribution is 0.264. The zero-order valence-corrected chi connectivity index (χ0v) is 10.3. The lowest BCUT2D eigenvalue weighted by Gasteiger charge is -2.13. The van der Waals surface area contributed by atoms with Crippen LogP contribution in [0.25, 0.3) is 0 Å². The Balaban J connectivity index is 2.91.